The van der Waals surface area contributed by atoms with Gasteiger partial charge in [0.05, 0.1) is 13.2 Å². The van der Waals surface area contributed by atoms with Crippen LogP contribution in [0.1, 0.15) is 42.1 Å². The van der Waals surface area contributed by atoms with E-state index in [9.17, 15) is 0 Å². The van der Waals surface area contributed by atoms with E-state index in [0.717, 1.165) is 42.5 Å². The zero-order chi connectivity index (χ0) is 15.1. The van der Waals surface area contributed by atoms with E-state index >= 15 is 0 Å². The Morgan fingerprint density at radius 1 is 1.27 bits per heavy atom. The van der Waals surface area contributed by atoms with E-state index in [4.69, 9.17) is 25.7 Å². The van der Waals surface area contributed by atoms with Crippen molar-refractivity contribution in [3.63, 3.8) is 0 Å². The molecule has 5 nitrogen and oxygen atoms in total. The lowest BCUT2D eigenvalue weighted by Crippen LogP contribution is -2.40. The van der Waals surface area contributed by atoms with Crippen molar-refractivity contribution in [2.45, 2.75) is 31.7 Å². The molecule has 1 atom stereocenters. The van der Waals surface area contributed by atoms with Crippen LogP contribution in [-0.2, 0) is 4.74 Å². The predicted molar refractivity (Wildman–Crippen MR) is 83.4 cm³/mol. The maximum absolute atomic E-state index is 6.21. The zero-order valence-electron chi connectivity index (χ0n) is 12.5. The van der Waals surface area contributed by atoms with Gasteiger partial charge >= 0.3 is 0 Å². The van der Waals surface area contributed by atoms with E-state index < -0.39 is 0 Å². The third kappa shape index (κ3) is 2.71. The number of rotatable bonds is 3. The number of aromatic nitrogens is 2. The van der Waals surface area contributed by atoms with Crippen molar-refractivity contribution >= 4 is 17.4 Å². The van der Waals surface area contributed by atoms with Gasteiger partial charge in [0.15, 0.2) is 0 Å². The first kappa shape index (κ1) is 14.0. The van der Waals surface area contributed by atoms with Gasteiger partial charge in [-0.1, -0.05) is 11.6 Å². The molecular formula is C16H18ClN3O2. The predicted octanol–water partition coefficient (Wildman–Crippen LogP) is 3.49. The van der Waals surface area contributed by atoms with Crippen molar-refractivity contribution in [1.29, 1.82) is 0 Å². The summed E-state index contributed by atoms with van der Waals surface area (Å²) in [6, 6.07) is 5.85. The van der Waals surface area contributed by atoms with Gasteiger partial charge in [-0.15, -0.1) is 0 Å². The van der Waals surface area contributed by atoms with Gasteiger partial charge in [0, 0.05) is 18.5 Å². The highest BCUT2D eigenvalue weighted by atomic mass is 35.5. The quantitative estimate of drug-likeness (QED) is 0.811. The normalized spacial score (nSPS) is 22.1. The fraction of sp³-hybridized carbons (Fsp3) is 0.500. The van der Waals surface area contributed by atoms with Crippen molar-refractivity contribution in [3.8, 4) is 0 Å². The molecule has 1 saturated heterocycles. The molecule has 1 aliphatic carbocycles. The molecule has 4 rings (SSSR count). The highest BCUT2D eigenvalue weighted by molar-refractivity contribution is 6.29. The number of hydrogen-bond donors (Lipinski definition) is 0. The second kappa shape index (κ2) is 5.56. The average Bonchev–Trinajstić information content (AvgIpc) is 3.29. The first-order valence-corrected chi connectivity index (χ1v) is 8.04. The molecule has 2 aromatic rings. The Hall–Kier alpha value is -1.59. The Morgan fingerprint density at radius 3 is 2.86 bits per heavy atom. The summed E-state index contributed by atoms with van der Waals surface area (Å²) < 4.78 is 11.4. The highest BCUT2D eigenvalue weighted by Gasteiger charge is 2.31. The Balaban J connectivity index is 1.69. The van der Waals surface area contributed by atoms with Crippen LogP contribution < -0.4 is 4.90 Å². The summed E-state index contributed by atoms with van der Waals surface area (Å²) in [5.41, 5.74) is 0. The lowest BCUT2D eigenvalue weighted by Gasteiger charge is -2.35. The molecule has 0 aromatic carbocycles. The number of furan rings is 1. The number of ether oxygens (including phenoxy) is 1. The summed E-state index contributed by atoms with van der Waals surface area (Å²) in [5, 5.41) is 0.507. The first-order chi connectivity index (χ1) is 10.7. The third-order valence-electron chi connectivity index (χ3n) is 4.15. The minimum Gasteiger partial charge on any atom is -0.464 e. The van der Waals surface area contributed by atoms with Crippen LogP contribution in [0, 0.1) is 6.92 Å². The number of hydrogen-bond acceptors (Lipinski definition) is 5. The Labute approximate surface area is 134 Å². The van der Waals surface area contributed by atoms with Gasteiger partial charge in [-0.05, 0) is 31.9 Å². The second-order valence-corrected chi connectivity index (χ2v) is 6.30. The van der Waals surface area contributed by atoms with Crippen molar-refractivity contribution in [2.75, 3.05) is 24.7 Å². The molecule has 0 radical (unpaired) electrons. The lowest BCUT2D eigenvalue weighted by atomic mass is 10.1. The minimum absolute atomic E-state index is 0.0282. The number of nitrogens with zero attached hydrogens (tertiary/aromatic N) is 3. The molecule has 2 aliphatic rings. The van der Waals surface area contributed by atoms with Gasteiger partial charge in [-0.3, -0.25) is 0 Å². The monoisotopic (exact) mass is 319 g/mol. The summed E-state index contributed by atoms with van der Waals surface area (Å²) in [6.07, 6.45) is 2.31. The second-order valence-electron chi connectivity index (χ2n) is 5.91. The number of aryl methyl sites for hydroxylation is 1. The molecule has 3 heterocycles. The molecule has 6 heteroatoms. The Morgan fingerprint density at radius 2 is 2.14 bits per heavy atom. The molecule has 2 fully saturated rings. The molecule has 0 bridgehead atoms. The molecule has 1 aliphatic heterocycles. The molecule has 116 valence electrons. The van der Waals surface area contributed by atoms with Crippen LogP contribution >= 0.6 is 11.6 Å². The van der Waals surface area contributed by atoms with E-state index in [1.54, 1.807) is 0 Å². The number of halogens is 1. The number of morpholine rings is 1. The molecular weight excluding hydrogens is 302 g/mol. The minimum atomic E-state index is 0.0282. The largest absolute Gasteiger partial charge is 0.464 e. The fourth-order valence-corrected chi connectivity index (χ4v) is 3.02. The van der Waals surface area contributed by atoms with Crippen LogP contribution in [-0.4, -0.2) is 29.7 Å². The van der Waals surface area contributed by atoms with Crippen LogP contribution in [0.15, 0.2) is 22.6 Å². The van der Waals surface area contributed by atoms with E-state index in [0.29, 0.717) is 24.3 Å². The standard InChI is InChI=1S/C16H18ClN3O2/c1-10-2-5-13(22-10)12-9-21-7-6-20(12)15-8-14(17)18-16(19-15)11-3-4-11/h2,5,8,11-12H,3-4,6-7,9H2,1H3. The van der Waals surface area contributed by atoms with Gasteiger partial charge in [0.2, 0.25) is 0 Å². The molecule has 0 amide bonds. The van der Waals surface area contributed by atoms with Crippen LogP contribution in [0.2, 0.25) is 5.15 Å². The maximum Gasteiger partial charge on any atom is 0.135 e. The molecule has 1 saturated carbocycles. The van der Waals surface area contributed by atoms with E-state index in [2.05, 4.69) is 9.88 Å². The van der Waals surface area contributed by atoms with Crippen molar-refractivity contribution in [3.05, 3.63) is 40.7 Å². The van der Waals surface area contributed by atoms with Gasteiger partial charge in [0.25, 0.3) is 0 Å². The molecule has 22 heavy (non-hydrogen) atoms. The van der Waals surface area contributed by atoms with Gasteiger partial charge in [-0.2, -0.15) is 0 Å². The van der Waals surface area contributed by atoms with Crippen LogP contribution in [0.3, 0.4) is 0 Å². The fourth-order valence-electron chi connectivity index (χ4n) is 2.84. The van der Waals surface area contributed by atoms with Crippen molar-refractivity contribution in [2.24, 2.45) is 0 Å². The summed E-state index contributed by atoms with van der Waals surface area (Å²) in [7, 11) is 0. The van der Waals surface area contributed by atoms with Crippen molar-refractivity contribution in [1.82, 2.24) is 9.97 Å². The van der Waals surface area contributed by atoms with Crippen LogP contribution in [0.4, 0.5) is 5.82 Å². The average molecular weight is 320 g/mol. The molecule has 0 spiro atoms. The van der Waals surface area contributed by atoms with Crippen molar-refractivity contribution < 1.29 is 9.15 Å². The molecule has 2 aromatic heterocycles. The SMILES string of the molecule is Cc1ccc(C2COCCN2c2cc(Cl)nc(C3CC3)n2)o1. The van der Waals surface area contributed by atoms with E-state index in [-0.39, 0.29) is 6.04 Å². The summed E-state index contributed by atoms with van der Waals surface area (Å²) in [4.78, 5) is 11.3. The Kier molecular flexibility index (Phi) is 3.54. The summed E-state index contributed by atoms with van der Waals surface area (Å²) in [5.74, 6) is 4.01. The first-order valence-electron chi connectivity index (χ1n) is 7.66. The van der Waals surface area contributed by atoms with E-state index in [1.807, 2.05) is 25.1 Å². The Bertz CT molecular complexity index is 684. The summed E-state index contributed by atoms with van der Waals surface area (Å²) in [6.45, 7) is 3.98. The van der Waals surface area contributed by atoms with E-state index in [1.165, 1.54) is 0 Å². The molecule has 1 unspecified atom stereocenters. The van der Waals surface area contributed by atoms with Crippen LogP contribution in [0.25, 0.3) is 0 Å². The maximum atomic E-state index is 6.21. The van der Waals surface area contributed by atoms with Gasteiger partial charge < -0.3 is 14.1 Å². The lowest BCUT2D eigenvalue weighted by molar-refractivity contribution is 0.0870. The highest BCUT2D eigenvalue weighted by Crippen LogP contribution is 2.40. The smallest absolute Gasteiger partial charge is 0.135 e. The zero-order valence-corrected chi connectivity index (χ0v) is 13.2. The summed E-state index contributed by atoms with van der Waals surface area (Å²) >= 11 is 6.21. The van der Waals surface area contributed by atoms with Gasteiger partial charge in [-0.25, -0.2) is 9.97 Å². The third-order valence-corrected chi connectivity index (χ3v) is 4.35. The topological polar surface area (TPSA) is 51.4 Å². The van der Waals surface area contributed by atoms with Crippen LogP contribution in [0.5, 0.6) is 0 Å². The molecule has 0 N–H and O–H groups in total. The van der Waals surface area contributed by atoms with Gasteiger partial charge in [0.1, 0.15) is 34.4 Å². The number of anilines is 1.